The second kappa shape index (κ2) is 9.05. The summed E-state index contributed by atoms with van der Waals surface area (Å²) >= 11 is 3.32. The first-order valence-electron chi connectivity index (χ1n) is 9.50. The molecule has 31 heavy (non-hydrogen) atoms. The lowest BCUT2D eigenvalue weighted by atomic mass is 10.1. The van der Waals surface area contributed by atoms with Crippen molar-refractivity contribution in [1.82, 2.24) is 14.5 Å². The summed E-state index contributed by atoms with van der Waals surface area (Å²) in [6, 6.07) is 23.7. The van der Waals surface area contributed by atoms with Crippen LogP contribution < -0.4 is 9.46 Å². The SMILES string of the molecule is COc1ccc(-c2nn(-c3ccccc3)cc2CNS(=O)(=O)c2ccc(Br)cc2)cc1. The Kier molecular flexibility index (Phi) is 6.22. The van der Waals surface area contributed by atoms with E-state index in [1.807, 2.05) is 60.8 Å². The molecule has 6 nitrogen and oxygen atoms in total. The Hall–Kier alpha value is -2.94. The largest absolute Gasteiger partial charge is 0.497 e. The van der Waals surface area contributed by atoms with Crippen LogP contribution in [0.4, 0.5) is 0 Å². The smallest absolute Gasteiger partial charge is 0.240 e. The number of ether oxygens (including phenoxy) is 1. The number of nitrogens with zero attached hydrogens (tertiary/aromatic N) is 2. The van der Waals surface area contributed by atoms with E-state index in [-0.39, 0.29) is 11.4 Å². The van der Waals surface area contributed by atoms with E-state index in [1.165, 1.54) is 0 Å². The van der Waals surface area contributed by atoms with E-state index in [0.29, 0.717) is 5.69 Å². The highest BCUT2D eigenvalue weighted by molar-refractivity contribution is 9.10. The zero-order chi connectivity index (χ0) is 21.8. The monoisotopic (exact) mass is 497 g/mol. The predicted octanol–water partition coefficient (Wildman–Crippen LogP) is 4.79. The molecule has 0 aliphatic rings. The van der Waals surface area contributed by atoms with Crippen LogP contribution in [-0.4, -0.2) is 25.3 Å². The number of hydrogen-bond acceptors (Lipinski definition) is 4. The molecule has 8 heteroatoms. The van der Waals surface area contributed by atoms with E-state index in [4.69, 9.17) is 9.84 Å². The Morgan fingerprint density at radius 1 is 0.968 bits per heavy atom. The van der Waals surface area contributed by atoms with Crippen molar-refractivity contribution >= 4 is 26.0 Å². The zero-order valence-corrected chi connectivity index (χ0v) is 19.1. The fourth-order valence-corrected chi connectivity index (χ4v) is 4.38. The average molecular weight is 498 g/mol. The lowest BCUT2D eigenvalue weighted by Gasteiger charge is -2.08. The predicted molar refractivity (Wildman–Crippen MR) is 124 cm³/mol. The van der Waals surface area contributed by atoms with E-state index < -0.39 is 10.0 Å². The Balaban J connectivity index is 1.68. The van der Waals surface area contributed by atoms with E-state index in [0.717, 1.165) is 27.0 Å². The highest BCUT2D eigenvalue weighted by Gasteiger charge is 2.18. The Labute approximate surface area is 189 Å². The fourth-order valence-electron chi connectivity index (χ4n) is 3.11. The van der Waals surface area contributed by atoms with Gasteiger partial charge in [-0.3, -0.25) is 0 Å². The maximum atomic E-state index is 12.8. The molecule has 1 aromatic heterocycles. The molecule has 1 N–H and O–H groups in total. The molecule has 0 unspecified atom stereocenters. The minimum atomic E-state index is -3.67. The number of para-hydroxylation sites is 1. The summed E-state index contributed by atoms with van der Waals surface area (Å²) in [5.74, 6) is 0.740. The van der Waals surface area contributed by atoms with Gasteiger partial charge < -0.3 is 4.74 Å². The highest BCUT2D eigenvalue weighted by atomic mass is 79.9. The lowest BCUT2D eigenvalue weighted by molar-refractivity contribution is 0.415. The normalized spacial score (nSPS) is 11.4. The number of methoxy groups -OCH3 is 1. The second-order valence-corrected chi connectivity index (χ2v) is 9.47. The van der Waals surface area contributed by atoms with E-state index in [1.54, 1.807) is 36.1 Å². The summed E-state index contributed by atoms with van der Waals surface area (Å²) in [6.45, 7) is 0.104. The van der Waals surface area contributed by atoms with E-state index in [2.05, 4.69) is 20.7 Å². The van der Waals surface area contributed by atoms with Gasteiger partial charge >= 0.3 is 0 Å². The van der Waals surface area contributed by atoms with Gasteiger partial charge in [0, 0.05) is 28.3 Å². The first kappa shape index (κ1) is 21.3. The summed E-state index contributed by atoms with van der Waals surface area (Å²) in [5.41, 5.74) is 3.22. The zero-order valence-electron chi connectivity index (χ0n) is 16.7. The quantitative estimate of drug-likeness (QED) is 0.398. The van der Waals surface area contributed by atoms with Gasteiger partial charge in [0.05, 0.1) is 23.4 Å². The third kappa shape index (κ3) is 4.87. The third-order valence-electron chi connectivity index (χ3n) is 4.75. The summed E-state index contributed by atoms with van der Waals surface area (Å²) in [4.78, 5) is 0.206. The Morgan fingerprint density at radius 2 is 1.65 bits per heavy atom. The summed E-state index contributed by atoms with van der Waals surface area (Å²) in [7, 11) is -2.06. The molecule has 0 atom stereocenters. The fraction of sp³-hybridized carbons (Fsp3) is 0.0870. The summed E-state index contributed by atoms with van der Waals surface area (Å²) < 4.78 is 36.0. The molecule has 0 saturated heterocycles. The van der Waals surface area contributed by atoms with Gasteiger partial charge in [0.15, 0.2) is 0 Å². The number of hydrogen-bond donors (Lipinski definition) is 1. The molecule has 1 heterocycles. The molecule has 0 bridgehead atoms. The van der Waals surface area contributed by atoms with Crippen molar-refractivity contribution in [3.05, 3.63) is 95.1 Å². The van der Waals surface area contributed by atoms with Gasteiger partial charge in [0.1, 0.15) is 5.75 Å². The molecule has 0 spiro atoms. The van der Waals surface area contributed by atoms with Crippen LogP contribution in [0.3, 0.4) is 0 Å². The van der Waals surface area contributed by atoms with Crippen LogP contribution in [0.25, 0.3) is 16.9 Å². The number of sulfonamides is 1. The van der Waals surface area contributed by atoms with Crippen molar-refractivity contribution in [2.24, 2.45) is 0 Å². The first-order valence-corrected chi connectivity index (χ1v) is 11.8. The van der Waals surface area contributed by atoms with Crippen LogP contribution in [-0.2, 0) is 16.6 Å². The number of nitrogens with one attached hydrogen (secondary N) is 1. The van der Waals surface area contributed by atoms with Crippen LogP contribution >= 0.6 is 15.9 Å². The van der Waals surface area contributed by atoms with Gasteiger partial charge in [0.25, 0.3) is 0 Å². The summed E-state index contributed by atoms with van der Waals surface area (Å²) in [5, 5.41) is 4.73. The molecule has 4 aromatic rings. The molecule has 0 aliphatic carbocycles. The molecule has 0 aliphatic heterocycles. The maximum Gasteiger partial charge on any atom is 0.240 e. The van der Waals surface area contributed by atoms with Crippen molar-refractivity contribution in [2.45, 2.75) is 11.4 Å². The van der Waals surface area contributed by atoms with Gasteiger partial charge in [-0.05, 0) is 60.7 Å². The van der Waals surface area contributed by atoms with E-state index >= 15 is 0 Å². The van der Waals surface area contributed by atoms with Gasteiger partial charge in [-0.1, -0.05) is 34.1 Å². The Bertz CT molecular complexity index is 1270. The molecular weight excluding hydrogens is 478 g/mol. The third-order valence-corrected chi connectivity index (χ3v) is 6.70. The van der Waals surface area contributed by atoms with E-state index in [9.17, 15) is 8.42 Å². The molecule has 0 saturated carbocycles. The summed E-state index contributed by atoms with van der Waals surface area (Å²) in [6.07, 6.45) is 1.85. The van der Waals surface area contributed by atoms with Crippen LogP contribution in [0.1, 0.15) is 5.56 Å². The molecule has 0 radical (unpaired) electrons. The number of rotatable bonds is 7. The van der Waals surface area contributed by atoms with Crippen LogP contribution in [0.15, 0.2) is 94.4 Å². The highest BCUT2D eigenvalue weighted by Crippen LogP contribution is 2.26. The molecule has 0 amide bonds. The Morgan fingerprint density at radius 3 is 2.29 bits per heavy atom. The van der Waals surface area contributed by atoms with Crippen molar-refractivity contribution in [3.8, 4) is 22.7 Å². The minimum Gasteiger partial charge on any atom is -0.497 e. The van der Waals surface area contributed by atoms with Crippen LogP contribution in [0.5, 0.6) is 5.75 Å². The molecular formula is C23H20BrN3O3S. The van der Waals surface area contributed by atoms with Gasteiger partial charge in [0.2, 0.25) is 10.0 Å². The average Bonchev–Trinajstić information content (AvgIpc) is 3.23. The van der Waals surface area contributed by atoms with Gasteiger partial charge in [-0.2, -0.15) is 5.10 Å². The topological polar surface area (TPSA) is 73.2 Å². The second-order valence-electron chi connectivity index (χ2n) is 6.79. The molecule has 4 rings (SSSR count). The molecule has 0 fully saturated rings. The first-order chi connectivity index (χ1) is 15.0. The van der Waals surface area contributed by atoms with Gasteiger partial charge in [-0.15, -0.1) is 0 Å². The van der Waals surface area contributed by atoms with Gasteiger partial charge in [-0.25, -0.2) is 17.8 Å². The number of benzene rings is 3. The number of halogens is 1. The standard InChI is InChI=1S/C23H20BrN3O3S/c1-30-21-11-7-17(8-12-21)23-18(16-27(26-23)20-5-3-2-4-6-20)15-25-31(28,29)22-13-9-19(24)10-14-22/h2-14,16,25H,15H2,1H3. The lowest BCUT2D eigenvalue weighted by Crippen LogP contribution is -2.23. The van der Waals surface area contributed by atoms with Crippen LogP contribution in [0, 0.1) is 0 Å². The molecule has 158 valence electrons. The van der Waals surface area contributed by atoms with Crippen LogP contribution in [0.2, 0.25) is 0 Å². The molecule has 3 aromatic carbocycles. The van der Waals surface area contributed by atoms with Crippen molar-refractivity contribution in [3.63, 3.8) is 0 Å². The van der Waals surface area contributed by atoms with Crippen molar-refractivity contribution in [2.75, 3.05) is 7.11 Å². The maximum absolute atomic E-state index is 12.8. The minimum absolute atomic E-state index is 0.104. The van der Waals surface area contributed by atoms with Crippen molar-refractivity contribution < 1.29 is 13.2 Å². The number of aromatic nitrogens is 2. The van der Waals surface area contributed by atoms with Crippen molar-refractivity contribution in [1.29, 1.82) is 0 Å².